The molecule has 0 radical (unpaired) electrons. The molecule has 1 aliphatic rings. The van der Waals surface area contributed by atoms with Crippen molar-refractivity contribution in [1.29, 1.82) is 0 Å². The standard InChI is InChI=1S/C23H27N9O5/c1-4-8-25-19-15-20(31(11-26-15)22-17(34)16(33)18(37-22)21(35)24-2)28-23(27-19)32-10-14(29-30-32)12-6-5-7-13(9-12)36-3/h5-7,9-11,16-18,22,33-34H,4,8H2,1-3H3,(H,24,35)(H,25,27,28)/t16-,17+,18-,22?/m0/s1. The van der Waals surface area contributed by atoms with Crippen molar-refractivity contribution in [2.45, 2.75) is 37.9 Å². The molecule has 14 nitrogen and oxygen atoms in total. The molecule has 1 saturated heterocycles. The summed E-state index contributed by atoms with van der Waals surface area (Å²) in [5.74, 6) is 0.791. The van der Waals surface area contributed by atoms with Gasteiger partial charge in [0.15, 0.2) is 29.3 Å². The van der Waals surface area contributed by atoms with E-state index >= 15 is 0 Å². The number of carbonyl (C=O) groups excluding carboxylic acids is 1. The van der Waals surface area contributed by atoms with Crippen molar-refractivity contribution in [2.24, 2.45) is 0 Å². The van der Waals surface area contributed by atoms with Crippen molar-refractivity contribution in [3.05, 3.63) is 36.8 Å². The Balaban J connectivity index is 1.56. The lowest BCUT2D eigenvalue weighted by atomic mass is 10.1. The van der Waals surface area contributed by atoms with Crippen LogP contribution in [0, 0.1) is 0 Å². The number of anilines is 1. The van der Waals surface area contributed by atoms with Gasteiger partial charge in [0.05, 0.1) is 19.6 Å². The molecule has 1 aliphatic heterocycles. The van der Waals surface area contributed by atoms with Crippen LogP contribution in [0.4, 0.5) is 5.82 Å². The Morgan fingerprint density at radius 1 is 1.24 bits per heavy atom. The molecule has 1 unspecified atom stereocenters. The fourth-order valence-electron chi connectivity index (χ4n) is 4.08. The Morgan fingerprint density at radius 3 is 2.84 bits per heavy atom. The van der Waals surface area contributed by atoms with E-state index in [9.17, 15) is 15.0 Å². The molecule has 0 saturated carbocycles. The van der Waals surface area contributed by atoms with E-state index in [1.165, 1.54) is 22.6 Å². The van der Waals surface area contributed by atoms with Crippen molar-refractivity contribution < 1.29 is 24.5 Å². The lowest BCUT2D eigenvalue weighted by molar-refractivity contribution is -0.137. The summed E-state index contributed by atoms with van der Waals surface area (Å²) < 4.78 is 13.9. The summed E-state index contributed by atoms with van der Waals surface area (Å²) >= 11 is 0. The van der Waals surface area contributed by atoms with Crippen LogP contribution in [0.3, 0.4) is 0 Å². The van der Waals surface area contributed by atoms with Crippen LogP contribution in [0.25, 0.3) is 28.4 Å². The maximum Gasteiger partial charge on any atom is 0.256 e. The number of nitrogens with one attached hydrogen (secondary N) is 2. The van der Waals surface area contributed by atoms with Gasteiger partial charge in [-0.3, -0.25) is 9.36 Å². The number of methoxy groups -OCH3 is 1. The number of hydrogen-bond acceptors (Lipinski definition) is 11. The third-order valence-electron chi connectivity index (χ3n) is 6.03. The minimum absolute atomic E-state index is 0.199. The van der Waals surface area contributed by atoms with Gasteiger partial charge in [0, 0.05) is 19.2 Å². The molecule has 0 spiro atoms. The van der Waals surface area contributed by atoms with Gasteiger partial charge in [-0.2, -0.15) is 14.6 Å². The lowest BCUT2D eigenvalue weighted by Gasteiger charge is -2.17. The van der Waals surface area contributed by atoms with Crippen molar-refractivity contribution in [3.8, 4) is 23.0 Å². The van der Waals surface area contributed by atoms with Gasteiger partial charge in [-0.1, -0.05) is 24.3 Å². The second-order valence-corrected chi connectivity index (χ2v) is 8.45. The third kappa shape index (κ3) is 4.45. The quantitative estimate of drug-likeness (QED) is 0.257. The van der Waals surface area contributed by atoms with Gasteiger partial charge in [0.25, 0.3) is 11.9 Å². The van der Waals surface area contributed by atoms with E-state index in [0.29, 0.717) is 35.0 Å². The minimum atomic E-state index is -1.43. The van der Waals surface area contributed by atoms with Crippen LogP contribution in [-0.2, 0) is 9.53 Å². The molecule has 194 valence electrons. The Kier molecular flexibility index (Phi) is 6.69. The number of aliphatic hydroxyl groups excluding tert-OH is 2. The fraction of sp³-hybridized carbons (Fsp3) is 0.391. The summed E-state index contributed by atoms with van der Waals surface area (Å²) in [5, 5.41) is 35.2. The molecular formula is C23H27N9O5. The molecule has 3 aromatic heterocycles. The minimum Gasteiger partial charge on any atom is -0.497 e. The van der Waals surface area contributed by atoms with Crippen molar-refractivity contribution in [3.63, 3.8) is 0 Å². The Bertz CT molecular complexity index is 1420. The Hall–Kier alpha value is -4.14. The first kappa shape index (κ1) is 24.5. The van der Waals surface area contributed by atoms with Crippen LogP contribution in [0.15, 0.2) is 36.8 Å². The number of benzene rings is 1. The summed E-state index contributed by atoms with van der Waals surface area (Å²) in [6, 6.07) is 7.42. The summed E-state index contributed by atoms with van der Waals surface area (Å²) in [6.45, 7) is 2.65. The number of rotatable bonds is 8. The van der Waals surface area contributed by atoms with Gasteiger partial charge < -0.3 is 30.3 Å². The van der Waals surface area contributed by atoms with Gasteiger partial charge in [-0.15, -0.1) is 5.10 Å². The smallest absolute Gasteiger partial charge is 0.256 e. The van der Waals surface area contributed by atoms with Gasteiger partial charge >= 0.3 is 0 Å². The number of hydrogen-bond donors (Lipinski definition) is 4. The maximum absolute atomic E-state index is 12.1. The molecule has 5 rings (SSSR count). The lowest BCUT2D eigenvalue weighted by Crippen LogP contribution is -2.41. The zero-order valence-electron chi connectivity index (χ0n) is 20.4. The molecule has 0 bridgehead atoms. The summed E-state index contributed by atoms with van der Waals surface area (Å²) in [5.41, 5.74) is 2.14. The summed E-state index contributed by atoms with van der Waals surface area (Å²) in [7, 11) is 3.02. The highest BCUT2D eigenvalue weighted by Crippen LogP contribution is 2.33. The summed E-state index contributed by atoms with van der Waals surface area (Å²) in [4.78, 5) is 25.8. The topological polar surface area (TPSA) is 174 Å². The van der Waals surface area contributed by atoms with Crippen LogP contribution in [0.2, 0.25) is 0 Å². The highest BCUT2D eigenvalue weighted by atomic mass is 16.6. The number of likely N-dealkylation sites (N-methyl/N-ethyl adjacent to an activating group) is 1. The summed E-state index contributed by atoms with van der Waals surface area (Å²) in [6.07, 6.45) is -1.22. The predicted molar refractivity (Wildman–Crippen MR) is 131 cm³/mol. The number of imidazole rings is 1. The van der Waals surface area contributed by atoms with Crippen LogP contribution < -0.4 is 15.4 Å². The van der Waals surface area contributed by atoms with E-state index in [0.717, 1.165) is 12.0 Å². The molecule has 4 aromatic rings. The van der Waals surface area contributed by atoms with Gasteiger partial charge in [-0.25, -0.2) is 4.98 Å². The normalized spacial score (nSPS) is 21.3. The number of nitrogens with zero attached hydrogens (tertiary/aromatic N) is 7. The zero-order chi connectivity index (χ0) is 26.1. The van der Waals surface area contributed by atoms with Crippen molar-refractivity contribution in [1.82, 2.24) is 39.8 Å². The first-order valence-electron chi connectivity index (χ1n) is 11.7. The molecule has 37 heavy (non-hydrogen) atoms. The SMILES string of the molecule is CCCNc1nc(-n2cc(-c3cccc(OC)c3)nn2)nc2c1ncn2C1O[C@H](C(=O)NC)[C@@H](O)[C@H]1O. The third-order valence-corrected chi connectivity index (χ3v) is 6.03. The van der Waals surface area contributed by atoms with E-state index in [1.807, 2.05) is 31.2 Å². The highest BCUT2D eigenvalue weighted by Gasteiger charge is 2.47. The number of aliphatic hydroxyl groups is 2. The van der Waals surface area contributed by atoms with Gasteiger partial charge in [-0.05, 0) is 18.6 Å². The van der Waals surface area contributed by atoms with Crippen LogP contribution in [0.1, 0.15) is 19.6 Å². The second-order valence-electron chi connectivity index (χ2n) is 8.45. The van der Waals surface area contributed by atoms with Gasteiger partial charge in [0.2, 0.25) is 0 Å². The second kappa shape index (κ2) is 10.1. The molecule has 4 atom stereocenters. The molecule has 4 heterocycles. The number of fused-ring (bicyclic) bond motifs is 1. The molecular weight excluding hydrogens is 482 g/mol. The monoisotopic (exact) mass is 509 g/mol. The first-order valence-corrected chi connectivity index (χ1v) is 11.7. The van der Waals surface area contributed by atoms with Gasteiger partial charge in [0.1, 0.15) is 23.7 Å². The number of carbonyl (C=O) groups is 1. The molecule has 14 heteroatoms. The first-order chi connectivity index (χ1) is 17.9. The van der Waals surface area contributed by atoms with E-state index < -0.39 is 30.4 Å². The molecule has 4 N–H and O–H groups in total. The number of amides is 1. The highest BCUT2D eigenvalue weighted by molar-refractivity contribution is 5.84. The van der Waals surface area contributed by atoms with Crippen molar-refractivity contribution in [2.75, 3.05) is 26.0 Å². The van der Waals surface area contributed by atoms with Crippen LogP contribution >= 0.6 is 0 Å². The molecule has 1 fully saturated rings. The number of ether oxygens (including phenoxy) is 2. The Labute approximate surface area is 211 Å². The number of aromatic nitrogens is 7. The predicted octanol–water partition coefficient (Wildman–Crippen LogP) is 0.270. The average Bonchev–Trinajstić information content (AvgIpc) is 3.65. The van der Waals surface area contributed by atoms with Crippen LogP contribution in [-0.4, -0.2) is 89.6 Å². The van der Waals surface area contributed by atoms with Crippen LogP contribution in [0.5, 0.6) is 5.75 Å². The van der Waals surface area contributed by atoms with E-state index in [1.54, 1.807) is 13.3 Å². The molecule has 0 aliphatic carbocycles. The van der Waals surface area contributed by atoms with E-state index in [-0.39, 0.29) is 5.95 Å². The Morgan fingerprint density at radius 2 is 2.08 bits per heavy atom. The largest absolute Gasteiger partial charge is 0.497 e. The van der Waals surface area contributed by atoms with Crippen molar-refractivity contribution >= 4 is 22.9 Å². The zero-order valence-corrected chi connectivity index (χ0v) is 20.4. The average molecular weight is 510 g/mol. The maximum atomic E-state index is 12.1. The van der Waals surface area contributed by atoms with E-state index in [2.05, 4.69) is 35.9 Å². The fourth-order valence-corrected chi connectivity index (χ4v) is 4.08. The van der Waals surface area contributed by atoms with E-state index in [4.69, 9.17) is 9.47 Å². The molecule has 1 aromatic carbocycles. The molecule has 1 amide bonds.